The summed E-state index contributed by atoms with van der Waals surface area (Å²) in [6, 6.07) is 0.457. The van der Waals surface area contributed by atoms with Crippen LogP contribution in [0.2, 0.25) is 0 Å². The number of aliphatic hydroxyl groups is 1. The maximum absolute atomic E-state index is 9.10. The van der Waals surface area contributed by atoms with E-state index in [-0.39, 0.29) is 6.61 Å². The van der Waals surface area contributed by atoms with Crippen molar-refractivity contribution in [2.24, 2.45) is 0 Å². The molecule has 1 aliphatic rings. The van der Waals surface area contributed by atoms with Crippen molar-refractivity contribution in [2.45, 2.75) is 58.0 Å². The number of aliphatic hydroxyl groups excluding tert-OH is 1. The SMILES string of the molecule is CC(C)c1noc(CN2CCCCC2CCO)n1. The summed E-state index contributed by atoms with van der Waals surface area (Å²) in [6.45, 7) is 6.14. The average Bonchev–Trinajstić information content (AvgIpc) is 2.81. The van der Waals surface area contributed by atoms with Gasteiger partial charge < -0.3 is 9.63 Å². The molecule has 1 fully saturated rings. The van der Waals surface area contributed by atoms with E-state index < -0.39 is 0 Å². The predicted octanol–water partition coefficient (Wildman–Crippen LogP) is 1.93. The van der Waals surface area contributed by atoms with Gasteiger partial charge in [-0.1, -0.05) is 25.4 Å². The minimum absolute atomic E-state index is 0.252. The van der Waals surface area contributed by atoms with Crippen molar-refractivity contribution in [3.8, 4) is 0 Å². The van der Waals surface area contributed by atoms with Gasteiger partial charge in [-0.25, -0.2) is 0 Å². The van der Waals surface area contributed by atoms with Crippen LogP contribution >= 0.6 is 0 Å². The standard InChI is InChI=1S/C13H23N3O2/c1-10(2)13-14-12(18-15-13)9-16-7-4-3-5-11(16)6-8-17/h10-11,17H,3-9H2,1-2H3. The summed E-state index contributed by atoms with van der Waals surface area (Å²) in [5.41, 5.74) is 0. The molecule has 0 saturated carbocycles. The van der Waals surface area contributed by atoms with Gasteiger partial charge in [0.05, 0.1) is 6.54 Å². The lowest BCUT2D eigenvalue weighted by Gasteiger charge is -2.34. The Kier molecular flexibility index (Phi) is 4.72. The third-order valence-corrected chi connectivity index (χ3v) is 3.55. The van der Waals surface area contributed by atoms with Crippen molar-refractivity contribution in [2.75, 3.05) is 13.2 Å². The lowest BCUT2D eigenvalue weighted by Crippen LogP contribution is -2.39. The van der Waals surface area contributed by atoms with Crippen LogP contribution < -0.4 is 0 Å². The maximum atomic E-state index is 9.10. The van der Waals surface area contributed by atoms with Crippen molar-refractivity contribution in [1.29, 1.82) is 0 Å². The molecule has 0 amide bonds. The summed E-state index contributed by atoms with van der Waals surface area (Å²) in [5.74, 6) is 1.78. The van der Waals surface area contributed by atoms with Crippen LogP contribution in [0.1, 0.15) is 57.2 Å². The number of hydrogen-bond acceptors (Lipinski definition) is 5. The van der Waals surface area contributed by atoms with Crippen LogP contribution in [-0.4, -0.2) is 39.3 Å². The first kappa shape index (κ1) is 13.5. The van der Waals surface area contributed by atoms with Crippen LogP contribution in [0.25, 0.3) is 0 Å². The van der Waals surface area contributed by atoms with Crippen LogP contribution in [-0.2, 0) is 6.54 Å². The van der Waals surface area contributed by atoms with Gasteiger partial charge in [-0.3, -0.25) is 4.90 Å². The molecule has 1 aliphatic heterocycles. The van der Waals surface area contributed by atoms with E-state index >= 15 is 0 Å². The molecule has 2 heterocycles. The fourth-order valence-electron chi connectivity index (χ4n) is 2.48. The first-order chi connectivity index (χ1) is 8.70. The highest BCUT2D eigenvalue weighted by Crippen LogP contribution is 2.21. The molecule has 2 rings (SSSR count). The van der Waals surface area contributed by atoms with E-state index in [0.717, 1.165) is 25.2 Å². The van der Waals surface area contributed by atoms with Gasteiger partial charge in [-0.2, -0.15) is 4.98 Å². The van der Waals surface area contributed by atoms with Crippen LogP contribution in [0.3, 0.4) is 0 Å². The molecular weight excluding hydrogens is 230 g/mol. The lowest BCUT2D eigenvalue weighted by atomic mass is 10.00. The van der Waals surface area contributed by atoms with E-state index in [9.17, 15) is 0 Å². The van der Waals surface area contributed by atoms with Crippen molar-refractivity contribution < 1.29 is 9.63 Å². The lowest BCUT2D eigenvalue weighted by molar-refractivity contribution is 0.100. The molecule has 1 N–H and O–H groups in total. The second kappa shape index (κ2) is 6.29. The first-order valence-electron chi connectivity index (χ1n) is 6.88. The largest absolute Gasteiger partial charge is 0.396 e. The Hall–Kier alpha value is -0.940. The van der Waals surface area contributed by atoms with Gasteiger partial charge in [-0.15, -0.1) is 0 Å². The molecule has 1 atom stereocenters. The van der Waals surface area contributed by atoms with Gasteiger partial charge in [0.2, 0.25) is 5.89 Å². The van der Waals surface area contributed by atoms with Gasteiger partial charge in [0.15, 0.2) is 5.82 Å². The molecule has 1 aromatic rings. The zero-order valence-corrected chi connectivity index (χ0v) is 11.3. The molecule has 0 radical (unpaired) electrons. The molecule has 1 saturated heterocycles. The fourth-order valence-corrected chi connectivity index (χ4v) is 2.48. The second-order valence-electron chi connectivity index (χ2n) is 5.33. The summed E-state index contributed by atoms with van der Waals surface area (Å²) >= 11 is 0. The Morgan fingerprint density at radius 1 is 1.44 bits per heavy atom. The monoisotopic (exact) mass is 253 g/mol. The molecule has 1 unspecified atom stereocenters. The third kappa shape index (κ3) is 3.29. The summed E-state index contributed by atoms with van der Waals surface area (Å²) in [6.07, 6.45) is 4.46. The highest BCUT2D eigenvalue weighted by molar-refractivity contribution is 4.92. The van der Waals surface area contributed by atoms with Crippen molar-refractivity contribution in [3.05, 3.63) is 11.7 Å². The zero-order valence-electron chi connectivity index (χ0n) is 11.3. The van der Waals surface area contributed by atoms with Crippen molar-refractivity contribution in [3.63, 3.8) is 0 Å². The molecule has 5 heteroatoms. The van der Waals surface area contributed by atoms with Gasteiger partial charge in [0.1, 0.15) is 0 Å². The van der Waals surface area contributed by atoms with Crippen LogP contribution in [0.15, 0.2) is 4.52 Å². The number of rotatable bonds is 5. The minimum Gasteiger partial charge on any atom is -0.396 e. The number of piperidine rings is 1. The Balaban J connectivity index is 1.97. The van der Waals surface area contributed by atoms with E-state index in [1.807, 2.05) is 0 Å². The van der Waals surface area contributed by atoms with Crippen LogP contribution in [0.5, 0.6) is 0 Å². The number of aromatic nitrogens is 2. The molecule has 18 heavy (non-hydrogen) atoms. The van der Waals surface area contributed by atoms with Gasteiger partial charge >= 0.3 is 0 Å². The van der Waals surface area contributed by atoms with Gasteiger partial charge in [0, 0.05) is 18.6 Å². The van der Waals surface area contributed by atoms with Gasteiger partial charge in [0.25, 0.3) is 0 Å². The summed E-state index contributed by atoms with van der Waals surface area (Å²) < 4.78 is 5.29. The molecule has 0 aliphatic carbocycles. The molecule has 0 bridgehead atoms. The summed E-state index contributed by atoms with van der Waals surface area (Å²) in [7, 11) is 0. The van der Waals surface area contributed by atoms with E-state index in [0.29, 0.717) is 24.4 Å². The Morgan fingerprint density at radius 2 is 2.28 bits per heavy atom. The number of hydrogen-bond donors (Lipinski definition) is 1. The first-order valence-corrected chi connectivity index (χ1v) is 6.88. The van der Waals surface area contributed by atoms with E-state index in [2.05, 4.69) is 28.9 Å². The van der Waals surface area contributed by atoms with Crippen molar-refractivity contribution in [1.82, 2.24) is 15.0 Å². The second-order valence-corrected chi connectivity index (χ2v) is 5.33. The van der Waals surface area contributed by atoms with Crippen LogP contribution in [0, 0.1) is 0 Å². The molecule has 102 valence electrons. The minimum atomic E-state index is 0.252. The average molecular weight is 253 g/mol. The Bertz CT molecular complexity index is 363. The highest BCUT2D eigenvalue weighted by atomic mass is 16.5. The maximum Gasteiger partial charge on any atom is 0.240 e. The number of likely N-dealkylation sites (tertiary alicyclic amines) is 1. The Morgan fingerprint density at radius 3 is 2.94 bits per heavy atom. The quantitative estimate of drug-likeness (QED) is 0.868. The molecule has 1 aromatic heterocycles. The van der Waals surface area contributed by atoms with Crippen LogP contribution in [0.4, 0.5) is 0 Å². The zero-order chi connectivity index (χ0) is 13.0. The summed E-state index contributed by atoms with van der Waals surface area (Å²) in [5, 5.41) is 13.1. The normalized spacial score (nSPS) is 21.7. The van der Waals surface area contributed by atoms with E-state index in [4.69, 9.17) is 9.63 Å². The summed E-state index contributed by atoms with van der Waals surface area (Å²) in [4.78, 5) is 6.77. The fraction of sp³-hybridized carbons (Fsp3) is 0.846. The third-order valence-electron chi connectivity index (χ3n) is 3.55. The Labute approximate surface area is 108 Å². The predicted molar refractivity (Wildman–Crippen MR) is 68.1 cm³/mol. The van der Waals surface area contributed by atoms with Crippen molar-refractivity contribution >= 4 is 0 Å². The van der Waals surface area contributed by atoms with E-state index in [1.54, 1.807) is 0 Å². The number of nitrogens with zero attached hydrogens (tertiary/aromatic N) is 3. The van der Waals surface area contributed by atoms with E-state index in [1.165, 1.54) is 12.8 Å². The van der Waals surface area contributed by atoms with Gasteiger partial charge in [-0.05, 0) is 25.8 Å². The molecular formula is C13H23N3O2. The highest BCUT2D eigenvalue weighted by Gasteiger charge is 2.24. The molecule has 0 aromatic carbocycles. The topological polar surface area (TPSA) is 62.4 Å². The molecule has 5 nitrogen and oxygen atoms in total. The molecule has 0 spiro atoms. The smallest absolute Gasteiger partial charge is 0.240 e.